The van der Waals surface area contributed by atoms with Crippen molar-refractivity contribution < 1.29 is 57.9 Å². The van der Waals surface area contributed by atoms with Gasteiger partial charge in [-0.25, -0.2) is 0 Å². The van der Waals surface area contributed by atoms with E-state index in [1.54, 1.807) is 90.8 Å². The Bertz CT molecular complexity index is 1030. The van der Waals surface area contributed by atoms with Gasteiger partial charge in [-0.3, -0.25) is 19.2 Å². The summed E-state index contributed by atoms with van der Waals surface area (Å²) >= 11 is 0. The molecule has 0 saturated carbocycles. The Morgan fingerprint density at radius 3 is 1.05 bits per heavy atom. The third kappa shape index (κ3) is 10.6. The monoisotopic (exact) mass is 811 g/mol. The van der Waals surface area contributed by atoms with E-state index in [0.717, 1.165) is 12.8 Å². The van der Waals surface area contributed by atoms with Crippen LogP contribution in [0.25, 0.3) is 0 Å². The van der Waals surface area contributed by atoms with Gasteiger partial charge in [0.25, 0.3) is 0 Å². The zero-order valence-electron chi connectivity index (χ0n) is 26.8. The van der Waals surface area contributed by atoms with Gasteiger partial charge in [-0.15, -0.1) is 0 Å². The van der Waals surface area contributed by atoms with Crippen LogP contribution in [0.3, 0.4) is 0 Å². The van der Waals surface area contributed by atoms with Crippen LogP contribution < -0.4 is 0 Å². The maximum atomic E-state index is 12.8. The smallest absolute Gasteiger partial charge is 0.397 e. The van der Waals surface area contributed by atoms with E-state index in [1.807, 2.05) is 26.0 Å². The summed E-state index contributed by atoms with van der Waals surface area (Å²) in [6, 6.07) is 19.0. The number of carbonyl (C=O) groups is 4. The second-order valence-electron chi connectivity index (χ2n) is 9.91. The molecule has 2 rings (SSSR count). The van der Waals surface area contributed by atoms with Gasteiger partial charge >= 0.3 is 38.2 Å². The molecule has 0 aromatic heterocycles. The molecule has 0 aliphatic carbocycles. The summed E-state index contributed by atoms with van der Waals surface area (Å²) in [7, 11) is 0.361. The fraction of sp³-hybridized carbons (Fsp3) is 0.500. The summed E-state index contributed by atoms with van der Waals surface area (Å²) in [5.41, 5.74) is -0.544. The molecule has 2 aromatic rings. The molecule has 0 saturated heterocycles. The van der Waals surface area contributed by atoms with E-state index in [0.29, 0.717) is 36.1 Å². The molecule has 8 nitrogen and oxygen atoms in total. The van der Waals surface area contributed by atoms with Crippen LogP contribution in [-0.2, 0) is 48.4 Å². The van der Waals surface area contributed by atoms with E-state index in [9.17, 15) is 19.2 Å². The van der Waals surface area contributed by atoms with Gasteiger partial charge in [0.1, 0.15) is 22.6 Å². The van der Waals surface area contributed by atoms with E-state index in [1.165, 1.54) is 0 Å². The third-order valence-electron chi connectivity index (χ3n) is 7.44. The normalized spacial score (nSPS) is 12.7. The molecule has 2 unspecified atom stereocenters. The fourth-order valence-corrected chi connectivity index (χ4v) is 11.7. The van der Waals surface area contributed by atoms with Crippen LogP contribution in [0.1, 0.15) is 74.1 Å². The average Bonchev–Trinajstić information content (AvgIpc) is 3.04. The van der Waals surface area contributed by atoms with Gasteiger partial charge in [-0.05, 0) is 12.1 Å². The molecule has 0 bridgehead atoms. The first-order valence-electron chi connectivity index (χ1n) is 14.6. The summed E-state index contributed by atoms with van der Waals surface area (Å²) in [5.74, 6) is -0.585. The molecule has 0 radical (unpaired) electrons. The predicted octanol–water partition coefficient (Wildman–Crippen LogP) is 6.72. The molecule has 43 heavy (non-hydrogen) atoms. The largest absolute Gasteiger partial charge is 2.00 e. The van der Waals surface area contributed by atoms with E-state index >= 15 is 0 Å². The Hall–Kier alpha value is -1.92. The van der Waals surface area contributed by atoms with Crippen LogP contribution >= 0.6 is 0 Å². The summed E-state index contributed by atoms with van der Waals surface area (Å²) in [6.45, 7) is 7.54. The molecule has 0 fully saturated rings. The van der Waals surface area contributed by atoms with Crippen LogP contribution in [0, 0.1) is 0 Å². The molecule has 0 aliphatic rings. The first kappa shape index (κ1) is 41.1. The summed E-state index contributed by atoms with van der Waals surface area (Å²) in [4.78, 5) is 50.5. The molecule has 240 valence electrons. The van der Waals surface area contributed by atoms with Crippen molar-refractivity contribution in [3.05, 3.63) is 71.8 Å². The van der Waals surface area contributed by atoms with Crippen molar-refractivity contribution in [3.8, 4) is 0 Å². The van der Waals surface area contributed by atoms with Crippen molar-refractivity contribution in [2.24, 2.45) is 0 Å². The van der Waals surface area contributed by atoms with E-state index in [-0.39, 0.29) is 44.2 Å². The van der Waals surface area contributed by atoms with Crippen LogP contribution in [0.2, 0.25) is 23.2 Å². The second-order valence-corrected chi connectivity index (χ2v) is 16.9. The van der Waals surface area contributed by atoms with Gasteiger partial charge in [0.2, 0.25) is 0 Å². The number of carbonyl (C=O) groups excluding carboxylic acids is 4. The van der Waals surface area contributed by atoms with Crippen LogP contribution in [0.15, 0.2) is 60.7 Å². The van der Waals surface area contributed by atoms with Gasteiger partial charge in [0.05, 0.1) is 0 Å². The van der Waals surface area contributed by atoms with E-state index < -0.39 is 28.2 Å². The maximum Gasteiger partial charge on any atom is 2.00 e. The molecule has 0 aliphatic heterocycles. The van der Waals surface area contributed by atoms with E-state index in [2.05, 4.69) is 0 Å². The first-order chi connectivity index (χ1) is 20.1. The van der Waals surface area contributed by atoms with Crippen molar-refractivity contribution in [2.75, 3.05) is 28.4 Å². The molecule has 0 N–H and O–H groups in total. The Kier molecular flexibility index (Phi) is 20.0. The number of hydrogen-bond donors (Lipinski definition) is 0. The summed E-state index contributed by atoms with van der Waals surface area (Å²) < 4.78 is 22.5. The first-order valence-corrected chi connectivity index (χ1v) is 18.8. The van der Waals surface area contributed by atoms with Crippen LogP contribution in [0.5, 0.6) is 0 Å². The molecule has 2 aromatic carbocycles. The number of Topliss-reactive ketones (excluding diaryl/α,β-unsaturated/α-hetero) is 4. The molecular formula is C32H48O8PtSi2+2. The minimum absolute atomic E-state index is 0. The average molecular weight is 812 g/mol. The standard InChI is InChI=1S/2C16H24O4Si.Pt/c2*1-5-12-21(19-3,20-4)16(14(17)6-2)15(18)13-10-8-7-9-11-13;/h2*7-11,16H,5-6,12H2,1-4H3;/q;;+2. The zero-order valence-corrected chi connectivity index (χ0v) is 31.0. The van der Waals surface area contributed by atoms with Gasteiger partial charge < -0.3 is 17.7 Å². The second kappa shape index (κ2) is 20.9. The van der Waals surface area contributed by atoms with Gasteiger partial charge in [0.15, 0.2) is 11.6 Å². The number of hydrogen-bond acceptors (Lipinski definition) is 8. The molecule has 0 heterocycles. The topological polar surface area (TPSA) is 105 Å². The van der Waals surface area contributed by atoms with Gasteiger partial charge in [-0.2, -0.15) is 0 Å². The summed E-state index contributed by atoms with van der Waals surface area (Å²) in [6.07, 6.45) is 2.22. The molecule has 2 atom stereocenters. The van der Waals surface area contributed by atoms with Crippen LogP contribution in [-0.4, -0.2) is 68.7 Å². The third-order valence-corrected chi connectivity index (χ3v) is 15.5. The SMILES string of the molecule is CCC[Si](OC)(OC)C(C(=O)CC)C(=O)c1ccccc1.CCC[Si](OC)(OC)C(C(=O)CC)C(=O)c1ccccc1.[Pt+2]. The van der Waals surface area contributed by atoms with Gasteiger partial charge in [-0.1, -0.05) is 101 Å². The maximum absolute atomic E-state index is 12.8. The fourth-order valence-electron chi connectivity index (χ4n) is 5.16. The Labute approximate surface area is 274 Å². The number of benzene rings is 2. The van der Waals surface area contributed by atoms with Gasteiger partial charge in [0, 0.05) is 52.4 Å². The van der Waals surface area contributed by atoms with Crippen LogP contribution in [0.4, 0.5) is 0 Å². The van der Waals surface area contributed by atoms with Crippen molar-refractivity contribution >= 4 is 40.3 Å². The Morgan fingerprint density at radius 1 is 0.558 bits per heavy atom. The van der Waals surface area contributed by atoms with Crippen molar-refractivity contribution in [3.63, 3.8) is 0 Å². The van der Waals surface area contributed by atoms with E-state index in [4.69, 9.17) is 17.7 Å². The van der Waals surface area contributed by atoms with Crippen molar-refractivity contribution in [2.45, 2.75) is 76.5 Å². The zero-order chi connectivity index (χ0) is 31.8. The molecule has 0 spiro atoms. The quantitative estimate of drug-likeness (QED) is 0.0929. The predicted molar refractivity (Wildman–Crippen MR) is 169 cm³/mol. The minimum atomic E-state index is -2.90. The van der Waals surface area contributed by atoms with Crippen molar-refractivity contribution in [1.82, 2.24) is 0 Å². The number of ketones is 4. The number of rotatable bonds is 18. The Morgan fingerprint density at radius 2 is 0.837 bits per heavy atom. The molecule has 11 heteroatoms. The van der Waals surface area contributed by atoms with Crippen molar-refractivity contribution in [1.29, 1.82) is 0 Å². The molecular weight excluding hydrogens is 764 g/mol. The summed E-state index contributed by atoms with van der Waals surface area (Å²) in [5, 5.41) is 0. The minimum Gasteiger partial charge on any atom is -0.397 e. The molecule has 0 amide bonds. The Balaban J connectivity index is 0.000000802.